The van der Waals surface area contributed by atoms with Gasteiger partial charge >= 0.3 is 5.97 Å². The molecule has 0 saturated heterocycles. The van der Waals surface area contributed by atoms with Crippen LogP contribution in [-0.2, 0) is 21.3 Å². The number of nitrogens with one attached hydrogen (secondary N) is 1. The van der Waals surface area contributed by atoms with E-state index in [2.05, 4.69) is 14.7 Å². The Hall–Kier alpha value is -2.19. The smallest absolute Gasteiger partial charge is 0.339 e. The zero-order valence-electron chi connectivity index (χ0n) is 11.6. The fourth-order valence-electron chi connectivity index (χ4n) is 1.82. The van der Waals surface area contributed by atoms with Gasteiger partial charge in [-0.3, -0.25) is 0 Å². The lowest BCUT2D eigenvalue weighted by atomic mass is 10.2. The average molecular weight is 309 g/mol. The first-order valence-corrected chi connectivity index (χ1v) is 7.52. The minimum Gasteiger partial charge on any atom is -0.465 e. The highest BCUT2D eigenvalue weighted by atomic mass is 32.2. The van der Waals surface area contributed by atoms with Gasteiger partial charge in [-0.25, -0.2) is 18.2 Å². The molecule has 21 heavy (non-hydrogen) atoms. The van der Waals surface area contributed by atoms with Crippen molar-refractivity contribution in [1.82, 2.24) is 14.3 Å². The summed E-state index contributed by atoms with van der Waals surface area (Å²) in [4.78, 5) is 18.4. The average Bonchev–Trinajstić information content (AvgIpc) is 2.99. The number of nitrogens with zero attached hydrogens (tertiary/aromatic N) is 2. The Morgan fingerprint density at radius 1 is 1.38 bits per heavy atom. The normalized spacial score (nSPS) is 11.6. The van der Waals surface area contributed by atoms with Crippen LogP contribution in [0.25, 0.3) is 0 Å². The maximum absolute atomic E-state index is 12.6. The summed E-state index contributed by atoms with van der Waals surface area (Å²) in [5.41, 5.74) is 0.00583. The van der Waals surface area contributed by atoms with Gasteiger partial charge in [-0.2, -0.15) is 4.31 Å². The summed E-state index contributed by atoms with van der Waals surface area (Å²) in [7, 11) is -1.20. The second kappa shape index (κ2) is 6.06. The first-order valence-electron chi connectivity index (χ1n) is 6.08. The highest BCUT2D eigenvalue weighted by molar-refractivity contribution is 7.89. The predicted octanol–water partition coefficient (Wildman–Crippen LogP) is 1.02. The van der Waals surface area contributed by atoms with Gasteiger partial charge in [0.25, 0.3) is 0 Å². The Morgan fingerprint density at radius 2 is 2.10 bits per heavy atom. The third-order valence-corrected chi connectivity index (χ3v) is 4.77. The maximum Gasteiger partial charge on any atom is 0.339 e. The van der Waals surface area contributed by atoms with Crippen molar-refractivity contribution in [2.24, 2.45) is 0 Å². The predicted molar refractivity (Wildman–Crippen MR) is 75.0 cm³/mol. The number of hydrogen-bond donors (Lipinski definition) is 1. The number of hydrogen-bond acceptors (Lipinski definition) is 5. The SMILES string of the molecule is COC(=O)c1ccccc1S(=O)(=O)N(C)Cc1ncc[nH]1. The summed E-state index contributed by atoms with van der Waals surface area (Å²) in [6.45, 7) is 0.0742. The molecule has 1 N–H and O–H groups in total. The molecule has 0 radical (unpaired) electrons. The fraction of sp³-hybridized carbons (Fsp3) is 0.231. The summed E-state index contributed by atoms with van der Waals surface area (Å²) >= 11 is 0. The summed E-state index contributed by atoms with van der Waals surface area (Å²) in [5.74, 6) is -0.183. The number of methoxy groups -OCH3 is 1. The molecule has 0 unspecified atom stereocenters. The number of rotatable bonds is 5. The molecule has 0 bridgehead atoms. The number of benzene rings is 1. The molecule has 1 heterocycles. The Morgan fingerprint density at radius 3 is 2.71 bits per heavy atom. The molecule has 0 aliphatic rings. The van der Waals surface area contributed by atoms with E-state index in [1.165, 1.54) is 32.5 Å². The van der Waals surface area contributed by atoms with Gasteiger partial charge in [-0.05, 0) is 12.1 Å². The molecule has 0 spiro atoms. The van der Waals surface area contributed by atoms with Crippen molar-refractivity contribution in [1.29, 1.82) is 0 Å². The largest absolute Gasteiger partial charge is 0.465 e. The zero-order chi connectivity index (χ0) is 15.5. The summed E-state index contributed by atoms with van der Waals surface area (Å²) in [5, 5.41) is 0. The number of ether oxygens (including phenoxy) is 1. The van der Waals surface area contributed by atoms with Gasteiger partial charge in [0.15, 0.2) is 0 Å². The van der Waals surface area contributed by atoms with E-state index in [4.69, 9.17) is 0 Å². The molecule has 7 nitrogen and oxygen atoms in total. The van der Waals surface area contributed by atoms with Crippen LogP contribution in [0.3, 0.4) is 0 Å². The van der Waals surface area contributed by atoms with Crippen LogP contribution < -0.4 is 0 Å². The number of carbonyl (C=O) groups excluding carboxylic acids is 1. The van der Waals surface area contributed by atoms with Crippen LogP contribution in [0, 0.1) is 0 Å². The third-order valence-electron chi connectivity index (χ3n) is 2.91. The molecule has 2 aromatic rings. The van der Waals surface area contributed by atoms with Gasteiger partial charge in [0.05, 0.1) is 24.1 Å². The minimum atomic E-state index is -3.83. The van der Waals surface area contributed by atoms with Crippen LogP contribution >= 0.6 is 0 Å². The van der Waals surface area contributed by atoms with Gasteiger partial charge in [-0.15, -0.1) is 0 Å². The number of esters is 1. The highest BCUT2D eigenvalue weighted by Gasteiger charge is 2.27. The Bertz CT molecular complexity index is 726. The summed E-state index contributed by atoms with van der Waals surface area (Å²) < 4.78 is 30.9. The number of carbonyl (C=O) groups is 1. The lowest BCUT2D eigenvalue weighted by molar-refractivity contribution is 0.0596. The lowest BCUT2D eigenvalue weighted by Crippen LogP contribution is -2.28. The van der Waals surface area contributed by atoms with Gasteiger partial charge in [0.1, 0.15) is 5.82 Å². The number of sulfonamides is 1. The van der Waals surface area contributed by atoms with Gasteiger partial charge < -0.3 is 9.72 Å². The van der Waals surface area contributed by atoms with Gasteiger partial charge in [0.2, 0.25) is 10.0 Å². The molecule has 0 atom stereocenters. The quantitative estimate of drug-likeness (QED) is 0.832. The molecule has 1 aromatic heterocycles. The van der Waals surface area contributed by atoms with Gasteiger partial charge in [0, 0.05) is 19.4 Å². The van der Waals surface area contributed by atoms with Crippen LogP contribution in [0.4, 0.5) is 0 Å². The molecule has 0 aliphatic carbocycles. The van der Waals surface area contributed by atoms with Crippen molar-refractivity contribution in [3.8, 4) is 0 Å². The van der Waals surface area contributed by atoms with Crippen molar-refractivity contribution >= 4 is 16.0 Å². The molecule has 2 rings (SSSR count). The molecule has 0 fully saturated rings. The fourth-order valence-corrected chi connectivity index (χ4v) is 3.13. The van der Waals surface area contributed by atoms with E-state index in [-0.39, 0.29) is 17.0 Å². The van der Waals surface area contributed by atoms with Crippen LogP contribution in [0.15, 0.2) is 41.6 Å². The first-order chi connectivity index (χ1) is 9.96. The van der Waals surface area contributed by atoms with Crippen molar-refractivity contribution in [3.63, 3.8) is 0 Å². The van der Waals surface area contributed by atoms with Crippen LogP contribution in [0.1, 0.15) is 16.2 Å². The molecular formula is C13H15N3O4S. The van der Waals surface area contributed by atoms with Crippen molar-refractivity contribution in [3.05, 3.63) is 48.0 Å². The van der Waals surface area contributed by atoms with E-state index in [0.717, 1.165) is 4.31 Å². The Balaban J connectivity index is 2.37. The number of imidazole rings is 1. The summed E-state index contributed by atoms with van der Waals surface area (Å²) in [6.07, 6.45) is 3.15. The van der Waals surface area contributed by atoms with E-state index in [1.54, 1.807) is 18.3 Å². The van der Waals surface area contributed by atoms with E-state index >= 15 is 0 Å². The lowest BCUT2D eigenvalue weighted by Gasteiger charge is -2.17. The standard InChI is InChI=1S/C13H15N3O4S/c1-16(9-12-14-7-8-15-12)21(18,19)11-6-4-3-5-10(11)13(17)20-2/h3-8H,9H2,1-2H3,(H,14,15). The maximum atomic E-state index is 12.6. The minimum absolute atomic E-state index is 0.00583. The topological polar surface area (TPSA) is 92.4 Å². The third kappa shape index (κ3) is 3.11. The van der Waals surface area contributed by atoms with E-state index in [1.807, 2.05) is 0 Å². The van der Waals surface area contributed by atoms with Gasteiger partial charge in [-0.1, -0.05) is 12.1 Å². The van der Waals surface area contributed by atoms with Crippen LogP contribution in [0.5, 0.6) is 0 Å². The van der Waals surface area contributed by atoms with Crippen molar-refractivity contribution < 1.29 is 17.9 Å². The number of aromatic nitrogens is 2. The molecule has 0 saturated carbocycles. The monoisotopic (exact) mass is 309 g/mol. The Kier molecular flexibility index (Phi) is 4.39. The Labute approximate surface area is 122 Å². The number of aromatic amines is 1. The van der Waals surface area contributed by atoms with E-state index in [9.17, 15) is 13.2 Å². The van der Waals surface area contributed by atoms with E-state index in [0.29, 0.717) is 5.82 Å². The molecule has 1 aromatic carbocycles. The zero-order valence-corrected chi connectivity index (χ0v) is 12.4. The molecule has 0 amide bonds. The number of H-pyrrole nitrogens is 1. The van der Waals surface area contributed by atoms with E-state index < -0.39 is 16.0 Å². The van der Waals surface area contributed by atoms with Crippen molar-refractivity contribution in [2.45, 2.75) is 11.4 Å². The highest BCUT2D eigenvalue weighted by Crippen LogP contribution is 2.20. The summed E-state index contributed by atoms with van der Waals surface area (Å²) in [6, 6.07) is 5.93. The second-order valence-electron chi connectivity index (χ2n) is 4.28. The first kappa shape index (κ1) is 15.2. The second-order valence-corrected chi connectivity index (χ2v) is 6.30. The van der Waals surface area contributed by atoms with Crippen LogP contribution in [0.2, 0.25) is 0 Å². The molecule has 112 valence electrons. The molecule has 8 heteroatoms. The molecular weight excluding hydrogens is 294 g/mol. The van der Waals surface area contributed by atoms with Crippen molar-refractivity contribution in [2.75, 3.05) is 14.2 Å². The van der Waals surface area contributed by atoms with Crippen LogP contribution in [-0.4, -0.2) is 42.8 Å². The molecule has 0 aliphatic heterocycles.